The largest absolute Gasteiger partial charge is 0.354 e. The average Bonchev–Trinajstić information content (AvgIpc) is 3.28. The van der Waals surface area contributed by atoms with Crippen molar-refractivity contribution in [3.63, 3.8) is 0 Å². The second-order valence-electron chi connectivity index (χ2n) is 6.43. The molecule has 0 bridgehead atoms. The lowest BCUT2D eigenvalue weighted by Crippen LogP contribution is -2.38. The van der Waals surface area contributed by atoms with Crippen LogP contribution in [0.4, 0.5) is 0 Å². The summed E-state index contributed by atoms with van der Waals surface area (Å²) < 4.78 is 4.88. The predicted molar refractivity (Wildman–Crippen MR) is 107 cm³/mol. The number of nitrogens with one attached hydrogen (secondary N) is 1. The Balaban J connectivity index is 1.45. The molecule has 0 saturated carbocycles. The van der Waals surface area contributed by atoms with E-state index >= 15 is 0 Å². The van der Waals surface area contributed by atoms with E-state index < -0.39 is 11.2 Å². The predicted octanol–water partition coefficient (Wildman–Crippen LogP) is 0.402. The van der Waals surface area contributed by atoms with Gasteiger partial charge in [-0.05, 0) is 12.1 Å². The van der Waals surface area contributed by atoms with Gasteiger partial charge in [0.1, 0.15) is 6.54 Å². The number of amides is 1. The summed E-state index contributed by atoms with van der Waals surface area (Å²) in [6.45, 7) is 0.394. The van der Waals surface area contributed by atoms with E-state index in [2.05, 4.69) is 15.3 Å². The molecular formula is C18H18N6O3S. The van der Waals surface area contributed by atoms with Crippen LogP contribution in [0.1, 0.15) is 5.01 Å². The highest BCUT2D eigenvalue weighted by molar-refractivity contribution is 7.18. The monoisotopic (exact) mass is 398 g/mol. The molecule has 10 heteroatoms. The third kappa shape index (κ3) is 3.11. The van der Waals surface area contributed by atoms with Crippen LogP contribution in [0.2, 0.25) is 0 Å². The van der Waals surface area contributed by atoms with Gasteiger partial charge < -0.3 is 9.88 Å². The third-order valence-electron chi connectivity index (χ3n) is 4.53. The van der Waals surface area contributed by atoms with E-state index in [1.54, 1.807) is 18.4 Å². The van der Waals surface area contributed by atoms with Crippen LogP contribution in [0.25, 0.3) is 21.4 Å². The Hall–Kier alpha value is -3.27. The third-order valence-corrected chi connectivity index (χ3v) is 5.63. The van der Waals surface area contributed by atoms with Gasteiger partial charge in [-0.2, -0.15) is 0 Å². The molecule has 0 aliphatic carbocycles. The van der Waals surface area contributed by atoms with Crippen LogP contribution in [0.15, 0.2) is 40.2 Å². The number of nitrogens with zero attached hydrogens (tertiary/aromatic N) is 5. The number of thiazole rings is 1. The van der Waals surface area contributed by atoms with Gasteiger partial charge in [0, 0.05) is 27.1 Å². The zero-order valence-corrected chi connectivity index (χ0v) is 16.2. The normalized spacial score (nSPS) is 11.4. The Bertz CT molecular complexity index is 1280. The number of hydrogen-bond donors (Lipinski definition) is 1. The summed E-state index contributed by atoms with van der Waals surface area (Å²) in [5.41, 5.74) is 0.516. The van der Waals surface area contributed by atoms with Gasteiger partial charge in [-0.25, -0.2) is 14.8 Å². The Morgan fingerprint density at radius 3 is 2.75 bits per heavy atom. The van der Waals surface area contributed by atoms with Gasteiger partial charge in [0.2, 0.25) is 5.91 Å². The minimum absolute atomic E-state index is 0.0518. The minimum atomic E-state index is -0.474. The summed E-state index contributed by atoms with van der Waals surface area (Å²) in [5.74, 6) is -0.240. The van der Waals surface area contributed by atoms with Crippen molar-refractivity contribution in [1.82, 2.24) is 29.0 Å². The van der Waals surface area contributed by atoms with Crippen LogP contribution in [-0.2, 0) is 31.9 Å². The van der Waals surface area contributed by atoms with E-state index in [-0.39, 0.29) is 23.6 Å². The number of rotatable bonds is 5. The van der Waals surface area contributed by atoms with Crippen molar-refractivity contribution in [2.75, 3.05) is 6.54 Å². The summed E-state index contributed by atoms with van der Waals surface area (Å²) in [6, 6.07) is 7.91. The SMILES string of the molecule is Cn1c(=O)c2c(ncn2CC(=O)NCCc2nc3ccccc3s2)n(C)c1=O. The first-order chi connectivity index (χ1) is 13.5. The molecule has 1 aromatic carbocycles. The number of imidazole rings is 1. The second kappa shape index (κ2) is 7.04. The van der Waals surface area contributed by atoms with E-state index in [0.29, 0.717) is 13.0 Å². The molecule has 4 rings (SSSR count). The standard InChI is InChI=1S/C18H18N6O3S/c1-22-16-15(17(26)23(2)18(22)27)24(10-20-16)9-13(25)19-8-7-14-21-11-5-3-4-6-12(11)28-14/h3-6,10H,7-9H2,1-2H3,(H,19,25). The smallest absolute Gasteiger partial charge is 0.332 e. The first kappa shape index (κ1) is 18.1. The molecule has 1 amide bonds. The number of para-hydroxylation sites is 1. The molecule has 28 heavy (non-hydrogen) atoms. The van der Waals surface area contributed by atoms with Crippen molar-refractivity contribution in [2.24, 2.45) is 14.1 Å². The summed E-state index contributed by atoms with van der Waals surface area (Å²) in [4.78, 5) is 45.3. The van der Waals surface area contributed by atoms with Gasteiger partial charge in [-0.1, -0.05) is 12.1 Å². The number of aromatic nitrogens is 5. The van der Waals surface area contributed by atoms with Crippen molar-refractivity contribution in [3.8, 4) is 0 Å². The molecule has 0 unspecified atom stereocenters. The molecule has 144 valence electrons. The highest BCUT2D eigenvalue weighted by atomic mass is 32.1. The quantitative estimate of drug-likeness (QED) is 0.524. The second-order valence-corrected chi connectivity index (χ2v) is 7.54. The highest BCUT2D eigenvalue weighted by Crippen LogP contribution is 2.21. The van der Waals surface area contributed by atoms with Gasteiger partial charge >= 0.3 is 5.69 Å². The van der Waals surface area contributed by atoms with Gasteiger partial charge in [-0.15, -0.1) is 11.3 Å². The Morgan fingerprint density at radius 1 is 1.18 bits per heavy atom. The molecule has 9 nitrogen and oxygen atoms in total. The van der Waals surface area contributed by atoms with Crippen molar-refractivity contribution < 1.29 is 4.79 Å². The van der Waals surface area contributed by atoms with Crippen LogP contribution in [0.3, 0.4) is 0 Å². The van der Waals surface area contributed by atoms with Gasteiger partial charge in [0.05, 0.1) is 21.6 Å². The van der Waals surface area contributed by atoms with E-state index in [0.717, 1.165) is 19.8 Å². The molecular weight excluding hydrogens is 380 g/mol. The van der Waals surface area contributed by atoms with Crippen LogP contribution in [-0.4, -0.2) is 36.1 Å². The fourth-order valence-electron chi connectivity index (χ4n) is 3.06. The van der Waals surface area contributed by atoms with E-state index in [4.69, 9.17) is 0 Å². The Kier molecular flexibility index (Phi) is 4.55. The van der Waals surface area contributed by atoms with Gasteiger partial charge in [0.15, 0.2) is 11.2 Å². The van der Waals surface area contributed by atoms with Crippen LogP contribution in [0, 0.1) is 0 Å². The molecule has 0 atom stereocenters. The summed E-state index contributed by atoms with van der Waals surface area (Å²) in [7, 11) is 2.94. The molecule has 1 N–H and O–H groups in total. The van der Waals surface area contributed by atoms with Crippen molar-refractivity contribution in [2.45, 2.75) is 13.0 Å². The Morgan fingerprint density at radius 2 is 1.96 bits per heavy atom. The lowest BCUT2D eigenvalue weighted by Gasteiger charge is -2.07. The fourth-order valence-corrected chi connectivity index (χ4v) is 4.03. The molecule has 0 spiro atoms. The fraction of sp³-hybridized carbons (Fsp3) is 0.278. The zero-order chi connectivity index (χ0) is 19.8. The van der Waals surface area contributed by atoms with Gasteiger partial charge in [0.25, 0.3) is 5.56 Å². The maximum absolute atomic E-state index is 12.4. The maximum atomic E-state index is 12.4. The lowest BCUT2D eigenvalue weighted by molar-refractivity contribution is -0.121. The summed E-state index contributed by atoms with van der Waals surface area (Å²) >= 11 is 1.61. The summed E-state index contributed by atoms with van der Waals surface area (Å²) in [6.07, 6.45) is 2.03. The number of carbonyl (C=O) groups is 1. The Labute approximate surface area is 162 Å². The van der Waals surface area contributed by atoms with Crippen LogP contribution in [0.5, 0.6) is 0 Å². The average molecular weight is 398 g/mol. The van der Waals surface area contributed by atoms with E-state index in [9.17, 15) is 14.4 Å². The number of aryl methyl sites for hydroxylation is 1. The summed E-state index contributed by atoms with van der Waals surface area (Å²) in [5, 5.41) is 3.80. The topological polar surface area (TPSA) is 104 Å². The first-order valence-corrected chi connectivity index (χ1v) is 9.49. The molecule has 0 aliphatic rings. The molecule has 0 aliphatic heterocycles. The lowest BCUT2D eigenvalue weighted by atomic mass is 10.3. The van der Waals surface area contributed by atoms with Crippen LogP contribution < -0.4 is 16.6 Å². The number of hydrogen-bond acceptors (Lipinski definition) is 6. The molecule has 3 heterocycles. The van der Waals surface area contributed by atoms with Gasteiger partial charge in [-0.3, -0.25) is 18.7 Å². The van der Waals surface area contributed by atoms with Crippen molar-refractivity contribution in [3.05, 3.63) is 56.4 Å². The maximum Gasteiger partial charge on any atom is 0.332 e. The molecule has 3 aromatic heterocycles. The molecule has 4 aromatic rings. The number of fused-ring (bicyclic) bond motifs is 2. The van der Waals surface area contributed by atoms with Crippen LogP contribution >= 0.6 is 11.3 Å². The first-order valence-electron chi connectivity index (χ1n) is 8.67. The van der Waals surface area contributed by atoms with Crippen molar-refractivity contribution >= 4 is 38.6 Å². The van der Waals surface area contributed by atoms with E-state index in [1.165, 1.54) is 22.5 Å². The minimum Gasteiger partial charge on any atom is -0.354 e. The highest BCUT2D eigenvalue weighted by Gasteiger charge is 2.15. The molecule has 0 fully saturated rings. The van der Waals surface area contributed by atoms with E-state index in [1.807, 2.05) is 24.3 Å². The van der Waals surface area contributed by atoms with Crippen molar-refractivity contribution in [1.29, 1.82) is 0 Å². The molecule has 0 radical (unpaired) electrons. The number of carbonyl (C=O) groups excluding carboxylic acids is 1. The molecule has 0 saturated heterocycles. The number of benzene rings is 1. The zero-order valence-electron chi connectivity index (χ0n) is 15.4.